The zero-order valence-electron chi connectivity index (χ0n) is 19.1. The minimum atomic E-state index is -2.55. The Morgan fingerprint density at radius 2 is 2.09 bits per heavy atom. The van der Waals surface area contributed by atoms with Gasteiger partial charge in [-0.3, -0.25) is 14.5 Å². The monoisotopic (exact) mass is 460 g/mol. The van der Waals surface area contributed by atoms with Crippen molar-refractivity contribution in [3.8, 4) is 11.3 Å². The van der Waals surface area contributed by atoms with Crippen LogP contribution in [0.5, 0.6) is 0 Å². The molecule has 12 heteroatoms. The number of likely N-dealkylation sites (N-methyl/N-ethyl adjacent to an activating group) is 1. The van der Waals surface area contributed by atoms with Crippen molar-refractivity contribution < 1.29 is 14.5 Å². The fourth-order valence-electron chi connectivity index (χ4n) is 4.25. The number of hydrogen-bond acceptors (Lipinski definition) is 6. The third kappa shape index (κ3) is 3.84. The van der Waals surface area contributed by atoms with Crippen molar-refractivity contribution in [1.82, 2.24) is 34.0 Å². The third-order valence-electron chi connectivity index (χ3n) is 5.91. The maximum Gasteiger partial charge on any atom is 0.256 e. The Kier molecular flexibility index (Phi) is 5.01. The lowest BCUT2D eigenvalue weighted by molar-refractivity contribution is 0.127. The maximum atomic E-state index is 14.4. The lowest BCUT2D eigenvalue weighted by atomic mass is 10.2. The van der Waals surface area contributed by atoms with Gasteiger partial charge in [0.05, 0.1) is 19.7 Å². The van der Waals surface area contributed by atoms with Crippen LogP contribution in [-0.2, 0) is 6.54 Å². The van der Waals surface area contributed by atoms with Crippen molar-refractivity contribution in [3.05, 3.63) is 35.8 Å². The molecule has 0 aliphatic carbocycles. The molecule has 1 fully saturated rings. The first kappa shape index (κ1) is 20.2. The summed E-state index contributed by atoms with van der Waals surface area (Å²) in [6.45, 7) is 4.61. The zero-order valence-corrected chi connectivity index (χ0v) is 18.1. The van der Waals surface area contributed by atoms with Crippen molar-refractivity contribution in [2.75, 3.05) is 25.4 Å². The predicted octanol–water partition coefficient (Wildman–Crippen LogP) is 2.17. The molecule has 0 spiro atoms. The molecule has 33 heavy (non-hydrogen) atoms. The molecule has 1 saturated heterocycles. The molecule has 0 radical (unpaired) electrons. The number of pyridine rings is 1. The summed E-state index contributed by atoms with van der Waals surface area (Å²) in [5.41, 5.74) is 8.51. The van der Waals surface area contributed by atoms with Crippen LogP contribution < -0.4 is 11.4 Å². The van der Waals surface area contributed by atoms with Gasteiger partial charge in [0.25, 0.3) is 6.43 Å². The predicted molar refractivity (Wildman–Crippen MR) is 118 cm³/mol. The van der Waals surface area contributed by atoms with Gasteiger partial charge < -0.3 is 10.3 Å². The first-order chi connectivity index (χ1) is 16.2. The Balaban J connectivity index is 1.61. The number of aromatic amines is 1. The first-order valence-corrected chi connectivity index (χ1v) is 10.7. The number of nitrogen functional groups attached to an aromatic ring is 1. The molecule has 0 saturated carbocycles. The highest BCUT2D eigenvalue weighted by Crippen LogP contribution is 2.28. The molecule has 0 unspecified atom stereocenters. The standard InChI is InChI=1S/C21H24F3N9/c1-3-31-8-13(22)16(9-31)28-21-29-19(25)18-12(6-7-33(18)30-21)14-4-5-15-20(27-14)32(10-17(23)24)11(2)26-15/h4-7,13,16-17H,3,8-10H2,1-2H3,(H3,25,28,29,30)/t13-,16+/m0/s1/i7D. The molecule has 1 aliphatic heterocycles. The molecule has 0 amide bonds. The molecular weight excluding hydrogens is 435 g/mol. The highest BCUT2D eigenvalue weighted by Gasteiger charge is 2.31. The van der Waals surface area contributed by atoms with Crippen LogP contribution in [0.4, 0.5) is 19.0 Å². The van der Waals surface area contributed by atoms with E-state index in [0.29, 0.717) is 46.9 Å². The molecule has 0 bridgehead atoms. The number of imidazole rings is 1. The molecule has 1 aliphatic rings. The van der Waals surface area contributed by atoms with E-state index in [-0.39, 0.29) is 17.6 Å². The summed E-state index contributed by atoms with van der Waals surface area (Å²) >= 11 is 0. The van der Waals surface area contributed by atoms with Crippen molar-refractivity contribution in [1.29, 1.82) is 0 Å². The molecule has 0 aromatic carbocycles. The van der Waals surface area contributed by atoms with E-state index in [1.807, 2.05) is 11.8 Å². The van der Waals surface area contributed by atoms with E-state index in [2.05, 4.69) is 25.0 Å². The van der Waals surface area contributed by atoms with Crippen LogP contribution in [0.1, 0.15) is 14.1 Å². The zero-order chi connectivity index (χ0) is 24.1. The number of anilines is 1. The fourth-order valence-corrected chi connectivity index (χ4v) is 4.25. The minimum absolute atomic E-state index is 0.0631. The molecule has 5 heterocycles. The average molecular weight is 460 g/mol. The largest absolute Gasteiger partial charge is 0.382 e. The molecule has 4 aromatic rings. The van der Waals surface area contributed by atoms with Gasteiger partial charge in [-0.15, -0.1) is 0 Å². The Bertz CT molecular complexity index is 1440. The number of aryl methyl sites for hydroxylation is 1. The number of fused-ring (bicyclic) bond motifs is 2. The highest BCUT2D eigenvalue weighted by molar-refractivity contribution is 5.88. The van der Waals surface area contributed by atoms with Crippen LogP contribution in [-0.4, -0.2) is 72.3 Å². The van der Waals surface area contributed by atoms with Crippen molar-refractivity contribution in [2.45, 2.75) is 39.0 Å². The van der Waals surface area contributed by atoms with Gasteiger partial charge in [-0.25, -0.2) is 28.1 Å². The summed E-state index contributed by atoms with van der Waals surface area (Å²) < 4.78 is 51.7. The molecule has 5 rings (SSSR count). The molecule has 4 aromatic heterocycles. The van der Waals surface area contributed by atoms with E-state index in [0.717, 1.165) is 6.54 Å². The van der Waals surface area contributed by atoms with E-state index < -0.39 is 25.2 Å². The second-order valence-corrected chi connectivity index (χ2v) is 8.07. The lowest BCUT2D eigenvalue weighted by Gasteiger charge is -2.09. The van der Waals surface area contributed by atoms with Crippen molar-refractivity contribution in [3.63, 3.8) is 0 Å². The van der Waals surface area contributed by atoms with Gasteiger partial charge in [0, 0.05) is 24.8 Å². The number of halogens is 3. The molecular formula is C21H24F3N9. The van der Waals surface area contributed by atoms with Crippen LogP contribution in [0.25, 0.3) is 27.9 Å². The normalized spacial score (nSPS) is 20.5. The number of H-pyrrole nitrogens is 1. The van der Waals surface area contributed by atoms with Crippen LogP contribution in [0.2, 0.25) is 0 Å². The quantitative estimate of drug-likeness (QED) is 0.475. The number of nitrogens with zero attached hydrogens (tertiary/aromatic N) is 7. The third-order valence-corrected chi connectivity index (χ3v) is 5.91. The van der Waals surface area contributed by atoms with E-state index in [9.17, 15) is 13.2 Å². The van der Waals surface area contributed by atoms with Crippen LogP contribution in [0.3, 0.4) is 0 Å². The van der Waals surface area contributed by atoms with Gasteiger partial charge in [0.1, 0.15) is 23.0 Å². The SMILES string of the molecule is [2H]c1cc(-c2ccc3nc(C)n(CC(F)F)c3n2)c2c(N)nc(=N[C@@H]3CN(CC)C[C@@H]3F)[nH]n12. The summed E-state index contributed by atoms with van der Waals surface area (Å²) in [5, 5.41) is 2.93. The van der Waals surface area contributed by atoms with Gasteiger partial charge in [-0.05, 0) is 31.7 Å². The topological polar surface area (TPSA) is 105 Å². The number of rotatable bonds is 5. The van der Waals surface area contributed by atoms with Crippen LogP contribution >= 0.6 is 0 Å². The number of nitrogens with one attached hydrogen (secondary N) is 1. The van der Waals surface area contributed by atoms with Gasteiger partial charge in [-0.1, -0.05) is 6.92 Å². The Labute approximate surface area is 188 Å². The Morgan fingerprint density at radius 1 is 1.27 bits per heavy atom. The summed E-state index contributed by atoms with van der Waals surface area (Å²) in [5.74, 6) is 0.522. The van der Waals surface area contributed by atoms with E-state index in [1.165, 1.54) is 9.08 Å². The van der Waals surface area contributed by atoms with Crippen LogP contribution in [0.15, 0.2) is 29.4 Å². The minimum Gasteiger partial charge on any atom is -0.382 e. The van der Waals surface area contributed by atoms with E-state index in [4.69, 9.17) is 7.10 Å². The highest BCUT2D eigenvalue weighted by atomic mass is 19.3. The van der Waals surface area contributed by atoms with Crippen molar-refractivity contribution >= 4 is 22.5 Å². The second-order valence-electron chi connectivity index (χ2n) is 8.07. The Morgan fingerprint density at radius 3 is 2.82 bits per heavy atom. The lowest BCUT2D eigenvalue weighted by Crippen LogP contribution is -2.27. The Hall–Kier alpha value is -3.41. The molecule has 9 nitrogen and oxygen atoms in total. The number of aromatic nitrogens is 6. The van der Waals surface area contributed by atoms with Gasteiger partial charge >= 0.3 is 0 Å². The van der Waals surface area contributed by atoms with Gasteiger partial charge in [0.15, 0.2) is 11.5 Å². The molecule has 2 atom stereocenters. The summed E-state index contributed by atoms with van der Waals surface area (Å²) in [7, 11) is 0. The average Bonchev–Trinajstić information content (AvgIpc) is 3.41. The smallest absolute Gasteiger partial charge is 0.256 e. The number of nitrogens with two attached hydrogens (primary N) is 1. The number of alkyl halides is 3. The fraction of sp³-hybridized carbons (Fsp3) is 0.429. The number of hydrogen-bond donors (Lipinski definition) is 2. The summed E-state index contributed by atoms with van der Waals surface area (Å²) in [6, 6.07) is 4.36. The maximum absolute atomic E-state index is 14.4. The van der Waals surface area contributed by atoms with Crippen molar-refractivity contribution in [2.24, 2.45) is 4.99 Å². The van der Waals surface area contributed by atoms with Gasteiger partial charge in [-0.2, -0.15) is 4.98 Å². The molecule has 174 valence electrons. The first-order valence-electron chi connectivity index (χ1n) is 11.2. The van der Waals surface area contributed by atoms with E-state index >= 15 is 0 Å². The van der Waals surface area contributed by atoms with Crippen LogP contribution in [0, 0.1) is 6.92 Å². The summed E-state index contributed by atoms with van der Waals surface area (Å²) in [4.78, 5) is 19.5. The second kappa shape index (κ2) is 8.18. The number of likely N-dealkylation sites (tertiary alicyclic amines) is 1. The summed E-state index contributed by atoms with van der Waals surface area (Å²) in [6.07, 6.45) is -3.60. The molecule has 3 N–H and O–H groups in total. The van der Waals surface area contributed by atoms with E-state index in [1.54, 1.807) is 25.1 Å². The van der Waals surface area contributed by atoms with Gasteiger partial charge in [0.2, 0.25) is 5.62 Å².